The summed E-state index contributed by atoms with van der Waals surface area (Å²) in [5.74, 6) is 2.92. The van der Waals surface area contributed by atoms with Crippen LogP contribution in [0.2, 0.25) is 0 Å². The fourth-order valence-electron chi connectivity index (χ4n) is 3.40. The van der Waals surface area contributed by atoms with Crippen molar-refractivity contribution < 1.29 is 0 Å². The summed E-state index contributed by atoms with van der Waals surface area (Å²) in [5.41, 5.74) is 1.57. The summed E-state index contributed by atoms with van der Waals surface area (Å²) in [6.07, 6.45) is 7.01. The summed E-state index contributed by atoms with van der Waals surface area (Å²) >= 11 is 2.03. The van der Waals surface area contributed by atoms with E-state index in [4.69, 9.17) is 0 Å². The predicted octanol–water partition coefficient (Wildman–Crippen LogP) is 4.43. The van der Waals surface area contributed by atoms with Crippen molar-refractivity contribution in [2.75, 3.05) is 12.3 Å². The van der Waals surface area contributed by atoms with Crippen molar-refractivity contribution in [2.24, 2.45) is 5.92 Å². The first kappa shape index (κ1) is 13.5. The Morgan fingerprint density at radius 3 is 3.00 bits per heavy atom. The van der Waals surface area contributed by atoms with E-state index in [1.54, 1.807) is 5.56 Å². The van der Waals surface area contributed by atoms with Gasteiger partial charge in [-0.1, -0.05) is 38.0 Å². The Bertz CT molecular complexity index is 417. The Kier molecular flexibility index (Phi) is 4.49. The maximum Gasteiger partial charge on any atom is 0.0108 e. The Balaban J connectivity index is 1.53. The maximum absolute atomic E-state index is 3.85. The molecule has 1 saturated carbocycles. The molecule has 0 saturated heterocycles. The molecule has 3 atom stereocenters. The van der Waals surface area contributed by atoms with Crippen molar-refractivity contribution in [1.29, 1.82) is 0 Å². The molecule has 1 N–H and O–H groups in total. The summed E-state index contributed by atoms with van der Waals surface area (Å²) in [6.45, 7) is 3.58. The van der Waals surface area contributed by atoms with Gasteiger partial charge in [0.05, 0.1) is 0 Å². The highest BCUT2D eigenvalue weighted by atomic mass is 32.2. The number of benzene rings is 1. The van der Waals surface area contributed by atoms with Crippen LogP contribution in [-0.4, -0.2) is 18.3 Å². The van der Waals surface area contributed by atoms with Crippen molar-refractivity contribution in [3.63, 3.8) is 0 Å². The third kappa shape index (κ3) is 3.35. The second-order valence-electron chi connectivity index (χ2n) is 6.26. The van der Waals surface area contributed by atoms with Gasteiger partial charge in [0.1, 0.15) is 0 Å². The molecule has 1 nitrogen and oxygen atoms in total. The second kappa shape index (κ2) is 6.32. The van der Waals surface area contributed by atoms with Gasteiger partial charge in [-0.2, -0.15) is 0 Å². The highest BCUT2D eigenvalue weighted by Crippen LogP contribution is 2.39. The summed E-state index contributed by atoms with van der Waals surface area (Å²) in [5, 5.41) is 3.85. The van der Waals surface area contributed by atoms with Gasteiger partial charge in [0.25, 0.3) is 0 Å². The molecule has 1 aromatic carbocycles. The molecule has 3 unspecified atom stereocenters. The van der Waals surface area contributed by atoms with E-state index in [1.165, 1.54) is 49.3 Å². The van der Waals surface area contributed by atoms with Gasteiger partial charge in [0.15, 0.2) is 0 Å². The molecule has 1 fully saturated rings. The van der Waals surface area contributed by atoms with Crippen LogP contribution in [0.5, 0.6) is 0 Å². The number of hydrogen-bond donors (Lipinski definition) is 1. The zero-order valence-corrected chi connectivity index (χ0v) is 12.7. The van der Waals surface area contributed by atoms with E-state index in [9.17, 15) is 0 Å². The van der Waals surface area contributed by atoms with Crippen LogP contribution in [-0.2, 0) is 0 Å². The molecule has 0 bridgehead atoms. The number of rotatable bonds is 3. The lowest BCUT2D eigenvalue weighted by Gasteiger charge is -2.19. The highest BCUT2D eigenvalue weighted by molar-refractivity contribution is 7.99. The van der Waals surface area contributed by atoms with Gasteiger partial charge < -0.3 is 5.32 Å². The molecule has 1 heterocycles. The normalized spacial score (nSPS) is 30.9. The SMILES string of the molecule is CC1CCCC(NCC2CSc3ccccc32)CC1. The Morgan fingerprint density at radius 2 is 2.05 bits per heavy atom. The first-order valence-electron chi connectivity index (χ1n) is 7.78. The fourth-order valence-corrected chi connectivity index (χ4v) is 4.65. The number of fused-ring (bicyclic) bond motifs is 1. The highest BCUT2D eigenvalue weighted by Gasteiger charge is 2.24. The average molecular weight is 275 g/mol. The zero-order chi connectivity index (χ0) is 13.1. The Labute approximate surface area is 121 Å². The predicted molar refractivity (Wildman–Crippen MR) is 83.9 cm³/mol. The third-order valence-corrected chi connectivity index (χ3v) is 5.96. The molecule has 1 aromatic rings. The second-order valence-corrected chi connectivity index (χ2v) is 7.33. The van der Waals surface area contributed by atoms with E-state index >= 15 is 0 Å². The minimum absolute atomic E-state index is 0.724. The lowest BCUT2D eigenvalue weighted by atomic mass is 10.00. The monoisotopic (exact) mass is 275 g/mol. The van der Waals surface area contributed by atoms with Gasteiger partial charge in [-0.25, -0.2) is 0 Å². The Morgan fingerprint density at radius 1 is 1.16 bits per heavy atom. The van der Waals surface area contributed by atoms with Gasteiger partial charge in [-0.15, -0.1) is 11.8 Å². The van der Waals surface area contributed by atoms with Crippen molar-refractivity contribution >= 4 is 11.8 Å². The quantitative estimate of drug-likeness (QED) is 0.819. The summed E-state index contributed by atoms with van der Waals surface area (Å²) in [4.78, 5) is 1.50. The molecule has 19 heavy (non-hydrogen) atoms. The van der Waals surface area contributed by atoms with Crippen LogP contribution in [0.4, 0.5) is 0 Å². The maximum atomic E-state index is 3.85. The molecule has 2 heteroatoms. The van der Waals surface area contributed by atoms with Crippen LogP contribution in [0.1, 0.15) is 50.5 Å². The summed E-state index contributed by atoms with van der Waals surface area (Å²) in [6, 6.07) is 9.70. The van der Waals surface area contributed by atoms with E-state index in [2.05, 4.69) is 36.5 Å². The first-order chi connectivity index (χ1) is 9.33. The molecule has 104 valence electrons. The molecular formula is C17H25NS. The lowest BCUT2D eigenvalue weighted by molar-refractivity contribution is 0.438. The standard InChI is InChI=1S/C17H25NS/c1-13-5-4-6-15(10-9-13)18-11-14-12-19-17-8-3-2-7-16(14)17/h2-3,7-8,13-15,18H,4-6,9-12H2,1H3. The van der Waals surface area contributed by atoms with Crippen LogP contribution in [0.15, 0.2) is 29.2 Å². The van der Waals surface area contributed by atoms with E-state index < -0.39 is 0 Å². The molecular weight excluding hydrogens is 250 g/mol. The van der Waals surface area contributed by atoms with Crippen molar-refractivity contribution in [1.82, 2.24) is 5.32 Å². The van der Waals surface area contributed by atoms with Crippen molar-refractivity contribution in [2.45, 2.75) is 55.9 Å². The molecule has 2 aliphatic rings. The Hall–Kier alpha value is -0.470. The molecule has 0 radical (unpaired) electrons. The molecule has 3 rings (SSSR count). The fraction of sp³-hybridized carbons (Fsp3) is 0.647. The minimum atomic E-state index is 0.724. The average Bonchev–Trinajstić information content (AvgIpc) is 2.73. The van der Waals surface area contributed by atoms with E-state index in [-0.39, 0.29) is 0 Å². The van der Waals surface area contributed by atoms with Crippen LogP contribution in [0.25, 0.3) is 0 Å². The van der Waals surface area contributed by atoms with Crippen molar-refractivity contribution in [3.05, 3.63) is 29.8 Å². The molecule has 1 aliphatic carbocycles. The molecule has 0 amide bonds. The molecule has 0 aromatic heterocycles. The number of nitrogens with one attached hydrogen (secondary N) is 1. The summed E-state index contributed by atoms with van der Waals surface area (Å²) in [7, 11) is 0. The van der Waals surface area contributed by atoms with Crippen LogP contribution in [0, 0.1) is 5.92 Å². The van der Waals surface area contributed by atoms with E-state index in [1.807, 2.05) is 11.8 Å². The molecule has 0 spiro atoms. The summed E-state index contributed by atoms with van der Waals surface area (Å²) < 4.78 is 0. The smallest absolute Gasteiger partial charge is 0.0108 e. The van der Waals surface area contributed by atoms with E-state index in [0.717, 1.165) is 17.9 Å². The number of thioether (sulfide) groups is 1. The van der Waals surface area contributed by atoms with Crippen molar-refractivity contribution in [3.8, 4) is 0 Å². The molecule has 1 aliphatic heterocycles. The number of hydrogen-bond acceptors (Lipinski definition) is 2. The topological polar surface area (TPSA) is 12.0 Å². The largest absolute Gasteiger partial charge is 0.313 e. The van der Waals surface area contributed by atoms with Gasteiger partial charge in [0.2, 0.25) is 0 Å². The van der Waals surface area contributed by atoms with Gasteiger partial charge >= 0.3 is 0 Å². The van der Waals surface area contributed by atoms with Gasteiger partial charge in [-0.05, 0) is 36.8 Å². The lowest BCUT2D eigenvalue weighted by Crippen LogP contribution is -2.32. The minimum Gasteiger partial charge on any atom is -0.313 e. The van der Waals surface area contributed by atoms with Gasteiger partial charge in [-0.3, -0.25) is 0 Å². The van der Waals surface area contributed by atoms with Crippen LogP contribution in [0.3, 0.4) is 0 Å². The van der Waals surface area contributed by atoms with Crippen LogP contribution >= 0.6 is 11.8 Å². The van der Waals surface area contributed by atoms with Gasteiger partial charge in [0, 0.05) is 29.2 Å². The van der Waals surface area contributed by atoms with Crippen LogP contribution < -0.4 is 5.32 Å². The zero-order valence-electron chi connectivity index (χ0n) is 11.9. The van der Waals surface area contributed by atoms with E-state index in [0.29, 0.717) is 0 Å². The first-order valence-corrected chi connectivity index (χ1v) is 8.76. The third-order valence-electron chi connectivity index (χ3n) is 4.71.